The first-order valence-electron chi connectivity index (χ1n) is 5.76. The number of hydrogen-bond donors (Lipinski definition) is 1. The van der Waals surface area contributed by atoms with Gasteiger partial charge in [0.2, 0.25) is 9.58 Å². The summed E-state index contributed by atoms with van der Waals surface area (Å²) in [7, 11) is 0. The molecule has 0 bridgehead atoms. The molecule has 1 aliphatic carbocycles. The van der Waals surface area contributed by atoms with Gasteiger partial charge in [-0.3, -0.25) is 4.79 Å². The minimum Gasteiger partial charge on any atom is -0.362 e. The monoisotopic (exact) mass is 300 g/mol. The van der Waals surface area contributed by atoms with E-state index in [9.17, 15) is 9.90 Å². The quantitative estimate of drug-likeness (QED) is 0.700. The number of Topliss-reactive ketones (excluding diaryl/α,β-unsaturated/α-hetero) is 1. The number of rotatable bonds is 0. The lowest BCUT2D eigenvalue weighted by atomic mass is 9.69. The van der Waals surface area contributed by atoms with E-state index in [4.69, 9.17) is 39.5 Å². The summed E-state index contributed by atoms with van der Waals surface area (Å²) in [6.45, 7) is 0.149. The molecule has 0 aromatic carbocycles. The van der Waals surface area contributed by atoms with Crippen molar-refractivity contribution in [3.8, 4) is 0 Å². The molecule has 1 spiro atoms. The first-order valence-corrected chi connectivity index (χ1v) is 6.89. The summed E-state index contributed by atoms with van der Waals surface area (Å²) in [4.78, 5) is 12.2. The topological polar surface area (TPSA) is 46.5 Å². The molecule has 1 heterocycles. The van der Waals surface area contributed by atoms with Gasteiger partial charge < -0.3 is 9.84 Å². The highest BCUT2D eigenvalue weighted by Crippen LogP contribution is 2.49. The van der Waals surface area contributed by atoms with Crippen LogP contribution in [0.25, 0.3) is 0 Å². The fourth-order valence-corrected chi connectivity index (χ4v) is 2.99. The Morgan fingerprint density at radius 3 is 2.24 bits per heavy atom. The summed E-state index contributed by atoms with van der Waals surface area (Å²) in [5.74, 6) is -2.03. The smallest absolute Gasteiger partial charge is 0.244 e. The maximum Gasteiger partial charge on any atom is 0.244 e. The van der Waals surface area contributed by atoms with Gasteiger partial charge in [-0.25, -0.2) is 0 Å². The molecule has 98 valence electrons. The zero-order chi connectivity index (χ0) is 12.7. The second-order valence-corrected chi connectivity index (χ2v) is 7.29. The van der Waals surface area contributed by atoms with E-state index in [2.05, 4.69) is 0 Å². The summed E-state index contributed by atoms with van der Waals surface area (Å²) in [6.07, 6.45) is 4.54. The number of aliphatic hydroxyl groups is 1. The normalized spacial score (nSPS) is 34.0. The minimum absolute atomic E-state index is 0.0442. The molecular formula is C11H15Cl3O3. The molecule has 17 heavy (non-hydrogen) atoms. The molecule has 1 saturated heterocycles. The van der Waals surface area contributed by atoms with Gasteiger partial charge in [0.25, 0.3) is 0 Å². The molecule has 1 N–H and O–H groups in total. The van der Waals surface area contributed by atoms with E-state index in [0.29, 0.717) is 0 Å². The standard InChI is InChI=1S/C11H15Cl3O3/c12-11(13,14)10(16)6-8(15)9(7-17-10)4-2-1-3-5-9/h16H,1-7H2. The lowest BCUT2D eigenvalue weighted by Crippen LogP contribution is -2.57. The third kappa shape index (κ3) is 2.45. The fraction of sp³-hybridized carbons (Fsp3) is 0.909. The zero-order valence-electron chi connectivity index (χ0n) is 9.35. The highest BCUT2D eigenvalue weighted by Gasteiger charge is 2.57. The molecule has 1 aliphatic heterocycles. The Kier molecular flexibility index (Phi) is 3.70. The van der Waals surface area contributed by atoms with Crippen molar-refractivity contribution in [1.82, 2.24) is 0 Å². The van der Waals surface area contributed by atoms with Crippen LogP contribution in [0, 0.1) is 5.41 Å². The van der Waals surface area contributed by atoms with Gasteiger partial charge in [0, 0.05) is 0 Å². The van der Waals surface area contributed by atoms with E-state index in [1.54, 1.807) is 0 Å². The molecule has 0 aromatic rings. The van der Waals surface area contributed by atoms with Crippen LogP contribution in [0.2, 0.25) is 0 Å². The van der Waals surface area contributed by atoms with Crippen LogP contribution in [0.5, 0.6) is 0 Å². The van der Waals surface area contributed by atoms with Crippen molar-refractivity contribution >= 4 is 40.6 Å². The molecule has 1 saturated carbocycles. The number of carbonyl (C=O) groups excluding carboxylic acids is 1. The average Bonchev–Trinajstić information content (AvgIpc) is 2.25. The minimum atomic E-state index is -2.00. The van der Waals surface area contributed by atoms with Gasteiger partial charge in [0.05, 0.1) is 18.4 Å². The highest BCUT2D eigenvalue weighted by molar-refractivity contribution is 6.68. The summed E-state index contributed by atoms with van der Waals surface area (Å²) in [5, 5.41) is 10.1. The van der Waals surface area contributed by atoms with Gasteiger partial charge in [-0.15, -0.1) is 0 Å². The number of ether oxygens (including phenoxy) is 1. The zero-order valence-corrected chi connectivity index (χ0v) is 11.6. The van der Waals surface area contributed by atoms with Crippen LogP contribution < -0.4 is 0 Å². The molecule has 2 aliphatic rings. The molecule has 2 rings (SSSR count). The third-order valence-corrected chi connectivity index (χ3v) is 4.72. The molecular weight excluding hydrogens is 286 g/mol. The van der Waals surface area contributed by atoms with Crippen LogP contribution in [0.3, 0.4) is 0 Å². The largest absolute Gasteiger partial charge is 0.362 e. The summed E-state index contributed by atoms with van der Waals surface area (Å²) >= 11 is 16.9. The maximum atomic E-state index is 12.2. The molecule has 6 heteroatoms. The van der Waals surface area contributed by atoms with Crippen LogP contribution in [0.4, 0.5) is 0 Å². The van der Waals surface area contributed by atoms with Gasteiger partial charge in [-0.2, -0.15) is 0 Å². The lowest BCUT2D eigenvalue weighted by Gasteiger charge is -2.46. The van der Waals surface area contributed by atoms with Crippen LogP contribution in [0.1, 0.15) is 38.5 Å². The Hall–Kier alpha value is 0.460. The van der Waals surface area contributed by atoms with Gasteiger partial charge in [-0.05, 0) is 12.8 Å². The van der Waals surface area contributed by atoms with E-state index in [1.165, 1.54) is 0 Å². The van der Waals surface area contributed by atoms with Crippen molar-refractivity contribution in [2.75, 3.05) is 6.61 Å². The Morgan fingerprint density at radius 1 is 1.18 bits per heavy atom. The number of alkyl halides is 3. The summed E-state index contributed by atoms with van der Waals surface area (Å²) in [5.41, 5.74) is -0.458. The van der Waals surface area contributed by atoms with Crippen molar-refractivity contribution in [1.29, 1.82) is 0 Å². The van der Waals surface area contributed by atoms with Crippen molar-refractivity contribution in [2.45, 2.75) is 48.1 Å². The molecule has 0 amide bonds. The molecule has 3 nitrogen and oxygen atoms in total. The van der Waals surface area contributed by atoms with E-state index in [-0.39, 0.29) is 18.8 Å². The Bertz CT molecular complexity index is 320. The SMILES string of the molecule is O=C1CC(O)(C(Cl)(Cl)Cl)OCC12CCCCC2. The maximum absolute atomic E-state index is 12.2. The van der Waals surface area contributed by atoms with Crippen LogP contribution in [-0.2, 0) is 9.53 Å². The predicted octanol–water partition coefficient (Wildman–Crippen LogP) is 2.99. The first kappa shape index (κ1) is 13.9. The van der Waals surface area contributed by atoms with E-state index in [0.717, 1.165) is 32.1 Å². The van der Waals surface area contributed by atoms with Gasteiger partial charge >= 0.3 is 0 Å². The van der Waals surface area contributed by atoms with Crippen LogP contribution >= 0.6 is 34.8 Å². The second kappa shape index (κ2) is 4.53. The Balaban J connectivity index is 2.15. The van der Waals surface area contributed by atoms with Gasteiger partial charge in [-0.1, -0.05) is 54.1 Å². The Morgan fingerprint density at radius 2 is 1.76 bits per heavy atom. The highest BCUT2D eigenvalue weighted by atomic mass is 35.6. The summed E-state index contributed by atoms with van der Waals surface area (Å²) < 4.78 is 3.33. The number of hydrogen-bond acceptors (Lipinski definition) is 3. The summed E-state index contributed by atoms with van der Waals surface area (Å²) in [6, 6.07) is 0. The van der Waals surface area contributed by atoms with Crippen LogP contribution in [-0.4, -0.2) is 27.1 Å². The average molecular weight is 302 g/mol. The lowest BCUT2D eigenvalue weighted by molar-refractivity contribution is -0.242. The van der Waals surface area contributed by atoms with Gasteiger partial charge in [0.1, 0.15) is 5.78 Å². The predicted molar refractivity (Wildman–Crippen MR) is 66.3 cm³/mol. The van der Waals surface area contributed by atoms with E-state index in [1.807, 2.05) is 0 Å². The van der Waals surface area contributed by atoms with Crippen LogP contribution in [0.15, 0.2) is 0 Å². The number of carbonyl (C=O) groups is 1. The van der Waals surface area contributed by atoms with Crippen molar-refractivity contribution in [2.24, 2.45) is 5.41 Å². The first-order chi connectivity index (χ1) is 7.79. The number of ketones is 1. The second-order valence-electron chi connectivity index (χ2n) is 5.01. The molecule has 0 radical (unpaired) electrons. The van der Waals surface area contributed by atoms with Crippen molar-refractivity contribution in [3.63, 3.8) is 0 Å². The van der Waals surface area contributed by atoms with Crippen molar-refractivity contribution in [3.05, 3.63) is 0 Å². The van der Waals surface area contributed by atoms with Gasteiger partial charge in [0.15, 0.2) is 0 Å². The molecule has 1 unspecified atom stereocenters. The fourth-order valence-electron chi connectivity index (χ4n) is 2.63. The number of halogens is 3. The van der Waals surface area contributed by atoms with E-state index >= 15 is 0 Å². The molecule has 2 fully saturated rings. The third-order valence-electron chi connectivity index (χ3n) is 3.83. The Labute approximate surface area is 115 Å². The van der Waals surface area contributed by atoms with E-state index < -0.39 is 15.0 Å². The molecule has 0 aromatic heterocycles. The van der Waals surface area contributed by atoms with Crippen molar-refractivity contribution < 1.29 is 14.6 Å². The molecule has 1 atom stereocenters.